The van der Waals surface area contributed by atoms with Gasteiger partial charge in [-0.15, -0.1) is 0 Å². The summed E-state index contributed by atoms with van der Waals surface area (Å²) in [6.07, 6.45) is 4.56. The number of rotatable bonds is 11. The van der Waals surface area contributed by atoms with Crippen LogP contribution in [-0.4, -0.2) is 32.2 Å². The molecule has 0 saturated carbocycles. The Kier molecular flexibility index (Phi) is 8.42. The molecule has 0 atom stereocenters. The molecule has 0 saturated heterocycles. The molecule has 1 rings (SSSR count). The van der Waals surface area contributed by atoms with Crippen molar-refractivity contribution in [3.63, 3.8) is 0 Å². The van der Waals surface area contributed by atoms with Crippen LogP contribution in [0.3, 0.4) is 0 Å². The summed E-state index contributed by atoms with van der Waals surface area (Å²) in [7, 11) is 0. The molecule has 112 valence electrons. The number of nitrogens with one attached hydrogen (secondary N) is 1. The number of hydrogen-bond acceptors (Lipinski definition) is 4. The van der Waals surface area contributed by atoms with Gasteiger partial charge < -0.3 is 21.5 Å². The number of unbranched alkanes of at least 4 members (excludes halogenated alkanes) is 3. The second-order valence-electron chi connectivity index (χ2n) is 4.68. The molecule has 1 aromatic carbocycles. The van der Waals surface area contributed by atoms with Gasteiger partial charge in [0.2, 0.25) is 5.91 Å². The van der Waals surface area contributed by atoms with Crippen molar-refractivity contribution < 1.29 is 9.53 Å². The third-order valence-corrected chi connectivity index (χ3v) is 2.99. The van der Waals surface area contributed by atoms with Crippen molar-refractivity contribution in [1.82, 2.24) is 0 Å². The first-order chi connectivity index (χ1) is 9.74. The maximum atomic E-state index is 10.9. The molecular weight excluding hydrogens is 254 g/mol. The maximum Gasteiger partial charge on any atom is 0.248 e. The fourth-order valence-corrected chi connectivity index (χ4v) is 1.82. The molecule has 0 heterocycles. The zero-order chi connectivity index (χ0) is 14.6. The van der Waals surface area contributed by atoms with Crippen LogP contribution in [0.25, 0.3) is 0 Å². The molecule has 1 amide bonds. The van der Waals surface area contributed by atoms with Crippen LogP contribution in [0.15, 0.2) is 24.3 Å². The van der Waals surface area contributed by atoms with E-state index in [0.29, 0.717) is 12.2 Å². The Hall–Kier alpha value is -1.59. The van der Waals surface area contributed by atoms with E-state index < -0.39 is 5.91 Å². The van der Waals surface area contributed by atoms with E-state index in [-0.39, 0.29) is 0 Å². The Morgan fingerprint density at radius 3 is 2.40 bits per heavy atom. The van der Waals surface area contributed by atoms with Crippen molar-refractivity contribution in [2.75, 3.05) is 31.6 Å². The summed E-state index contributed by atoms with van der Waals surface area (Å²) in [6, 6.07) is 7.10. The van der Waals surface area contributed by atoms with E-state index in [2.05, 4.69) is 5.32 Å². The van der Waals surface area contributed by atoms with E-state index in [9.17, 15) is 4.79 Å². The Labute approximate surface area is 120 Å². The lowest BCUT2D eigenvalue weighted by atomic mass is 10.2. The minimum absolute atomic E-state index is 0.408. The number of primary amides is 1. The number of anilines is 1. The molecule has 5 nitrogen and oxygen atoms in total. The lowest BCUT2D eigenvalue weighted by molar-refractivity contribution is 0.100. The van der Waals surface area contributed by atoms with Gasteiger partial charge in [0.25, 0.3) is 0 Å². The summed E-state index contributed by atoms with van der Waals surface area (Å²) in [6.45, 7) is 3.00. The van der Waals surface area contributed by atoms with Crippen molar-refractivity contribution in [2.24, 2.45) is 11.5 Å². The molecule has 0 aliphatic heterocycles. The molecule has 0 fully saturated rings. The smallest absolute Gasteiger partial charge is 0.248 e. The molecular formula is C15H25N3O2. The summed E-state index contributed by atoms with van der Waals surface area (Å²) in [5.74, 6) is -0.408. The number of carbonyl (C=O) groups excluding carboxylic acids is 1. The molecule has 1 aromatic rings. The van der Waals surface area contributed by atoms with Crippen LogP contribution in [-0.2, 0) is 4.74 Å². The summed E-state index contributed by atoms with van der Waals surface area (Å²) < 4.78 is 5.53. The predicted octanol–water partition coefficient (Wildman–Crippen LogP) is 1.73. The van der Waals surface area contributed by atoms with Crippen molar-refractivity contribution in [1.29, 1.82) is 0 Å². The molecule has 0 aliphatic rings. The highest BCUT2D eigenvalue weighted by Crippen LogP contribution is 2.08. The lowest BCUT2D eigenvalue weighted by Gasteiger charge is -2.07. The molecule has 0 aliphatic carbocycles. The number of ether oxygens (including phenoxy) is 1. The highest BCUT2D eigenvalue weighted by Gasteiger charge is 1.99. The van der Waals surface area contributed by atoms with Crippen LogP contribution in [0.1, 0.15) is 36.0 Å². The summed E-state index contributed by atoms with van der Waals surface area (Å²) >= 11 is 0. The molecule has 5 heteroatoms. The fourth-order valence-electron chi connectivity index (χ4n) is 1.82. The quantitative estimate of drug-likeness (QED) is 0.538. The number of carbonyl (C=O) groups is 1. The van der Waals surface area contributed by atoms with Gasteiger partial charge in [-0.25, -0.2) is 0 Å². The average molecular weight is 279 g/mol. The van der Waals surface area contributed by atoms with Gasteiger partial charge in [-0.2, -0.15) is 0 Å². The second kappa shape index (κ2) is 10.2. The monoisotopic (exact) mass is 279 g/mol. The van der Waals surface area contributed by atoms with Crippen molar-refractivity contribution >= 4 is 11.6 Å². The summed E-state index contributed by atoms with van der Waals surface area (Å²) in [5, 5.41) is 3.23. The summed E-state index contributed by atoms with van der Waals surface area (Å²) in [5.41, 5.74) is 12.1. The zero-order valence-electron chi connectivity index (χ0n) is 11.9. The zero-order valence-corrected chi connectivity index (χ0v) is 11.9. The van der Waals surface area contributed by atoms with Crippen LogP contribution in [0.2, 0.25) is 0 Å². The van der Waals surface area contributed by atoms with Crippen molar-refractivity contribution in [3.8, 4) is 0 Å². The maximum absolute atomic E-state index is 10.9. The first-order valence-corrected chi connectivity index (χ1v) is 7.15. The Balaban J connectivity index is 2.02. The Bertz CT molecular complexity index is 379. The minimum Gasteiger partial charge on any atom is -0.383 e. The van der Waals surface area contributed by atoms with Crippen LogP contribution < -0.4 is 16.8 Å². The van der Waals surface area contributed by atoms with E-state index in [4.69, 9.17) is 16.2 Å². The number of nitrogens with two attached hydrogens (primary N) is 2. The van der Waals surface area contributed by atoms with Crippen LogP contribution in [0.4, 0.5) is 5.69 Å². The predicted molar refractivity (Wildman–Crippen MR) is 81.8 cm³/mol. The average Bonchev–Trinajstić information content (AvgIpc) is 2.46. The van der Waals surface area contributed by atoms with Crippen LogP contribution in [0.5, 0.6) is 0 Å². The third-order valence-electron chi connectivity index (χ3n) is 2.99. The fraction of sp³-hybridized carbons (Fsp3) is 0.533. The summed E-state index contributed by atoms with van der Waals surface area (Å²) in [4.78, 5) is 10.9. The van der Waals surface area contributed by atoms with E-state index in [1.54, 1.807) is 12.1 Å². The van der Waals surface area contributed by atoms with Crippen molar-refractivity contribution in [3.05, 3.63) is 29.8 Å². The van der Waals surface area contributed by atoms with Crippen LogP contribution >= 0.6 is 0 Å². The first kappa shape index (κ1) is 16.5. The molecule has 0 spiro atoms. The SMILES string of the molecule is NCCCCCCOCCNc1ccc(C(N)=O)cc1. The van der Waals surface area contributed by atoms with Gasteiger partial charge in [0.05, 0.1) is 6.61 Å². The lowest BCUT2D eigenvalue weighted by Crippen LogP contribution is -2.12. The van der Waals surface area contributed by atoms with Crippen LogP contribution in [0, 0.1) is 0 Å². The van der Waals surface area contributed by atoms with E-state index in [1.807, 2.05) is 12.1 Å². The van der Waals surface area contributed by atoms with Gasteiger partial charge in [0.15, 0.2) is 0 Å². The molecule has 0 bridgehead atoms. The van der Waals surface area contributed by atoms with E-state index in [1.165, 1.54) is 12.8 Å². The molecule has 0 aromatic heterocycles. The van der Waals surface area contributed by atoms with Gasteiger partial charge in [-0.3, -0.25) is 4.79 Å². The van der Waals surface area contributed by atoms with Gasteiger partial charge in [-0.05, 0) is 43.7 Å². The van der Waals surface area contributed by atoms with Gasteiger partial charge in [0.1, 0.15) is 0 Å². The number of benzene rings is 1. The Morgan fingerprint density at radius 1 is 1.05 bits per heavy atom. The van der Waals surface area contributed by atoms with Gasteiger partial charge in [-0.1, -0.05) is 12.8 Å². The highest BCUT2D eigenvalue weighted by molar-refractivity contribution is 5.93. The first-order valence-electron chi connectivity index (χ1n) is 7.15. The van der Waals surface area contributed by atoms with Gasteiger partial charge >= 0.3 is 0 Å². The molecule has 20 heavy (non-hydrogen) atoms. The van der Waals surface area contributed by atoms with E-state index >= 15 is 0 Å². The van der Waals surface area contributed by atoms with E-state index in [0.717, 1.165) is 38.2 Å². The molecule has 5 N–H and O–H groups in total. The van der Waals surface area contributed by atoms with Gasteiger partial charge in [0, 0.05) is 24.4 Å². The third kappa shape index (κ3) is 7.11. The second-order valence-corrected chi connectivity index (χ2v) is 4.68. The number of hydrogen-bond donors (Lipinski definition) is 3. The topological polar surface area (TPSA) is 90.4 Å². The largest absolute Gasteiger partial charge is 0.383 e. The highest BCUT2D eigenvalue weighted by atomic mass is 16.5. The normalized spacial score (nSPS) is 10.4. The number of amides is 1. The van der Waals surface area contributed by atoms with Crippen molar-refractivity contribution in [2.45, 2.75) is 25.7 Å². The standard InChI is InChI=1S/C15H25N3O2/c16-9-3-1-2-4-11-20-12-10-18-14-7-5-13(6-8-14)15(17)19/h5-8,18H,1-4,9-12,16H2,(H2,17,19). The molecule has 0 unspecified atom stereocenters. The minimum atomic E-state index is -0.408. The Morgan fingerprint density at radius 2 is 1.75 bits per heavy atom. The molecule has 0 radical (unpaired) electrons.